The van der Waals surface area contributed by atoms with Crippen LogP contribution in [0.25, 0.3) is 0 Å². The van der Waals surface area contributed by atoms with Crippen molar-refractivity contribution in [3.8, 4) is 0 Å². The quantitative estimate of drug-likeness (QED) is 0.332. The van der Waals surface area contributed by atoms with Crippen LogP contribution in [0.15, 0.2) is 0 Å². The summed E-state index contributed by atoms with van der Waals surface area (Å²) in [5.74, 6) is -0.209. The number of hydrogen-bond donors (Lipinski definition) is 1. The van der Waals surface area contributed by atoms with Gasteiger partial charge in [0.1, 0.15) is 6.79 Å². The lowest BCUT2D eigenvalue weighted by Crippen LogP contribution is -2.24. The zero-order chi connectivity index (χ0) is 16.5. The van der Waals surface area contributed by atoms with Crippen LogP contribution in [0.4, 0.5) is 0 Å². The molecule has 1 N–H and O–H groups in total. The molecule has 0 saturated heterocycles. The van der Waals surface area contributed by atoms with Gasteiger partial charge >= 0.3 is 5.97 Å². The molecule has 0 bridgehead atoms. The van der Waals surface area contributed by atoms with E-state index in [1.807, 2.05) is 6.92 Å². The van der Waals surface area contributed by atoms with Gasteiger partial charge in [-0.25, -0.2) is 0 Å². The first kappa shape index (κ1) is 20.6. The SMILES string of the molecule is CCC(CC(C)C(C)CC(=O)O)OCOCC[Si](C)(C)C. The molecule has 0 heterocycles. The number of carboxylic acid groups (broad SMARTS) is 1. The fourth-order valence-corrected chi connectivity index (χ4v) is 2.81. The monoisotopic (exact) mass is 318 g/mol. The molecule has 0 aliphatic heterocycles. The van der Waals surface area contributed by atoms with Gasteiger partial charge in [-0.2, -0.15) is 0 Å². The maximum absolute atomic E-state index is 10.7. The summed E-state index contributed by atoms with van der Waals surface area (Å²) >= 11 is 0. The first-order valence-corrected chi connectivity index (χ1v) is 11.8. The van der Waals surface area contributed by atoms with E-state index in [2.05, 4.69) is 33.5 Å². The number of ether oxygens (including phenoxy) is 2. The van der Waals surface area contributed by atoms with E-state index in [0.717, 1.165) is 25.5 Å². The van der Waals surface area contributed by atoms with E-state index in [9.17, 15) is 4.79 Å². The van der Waals surface area contributed by atoms with Crippen LogP contribution in [0.2, 0.25) is 25.7 Å². The van der Waals surface area contributed by atoms with Crippen LogP contribution in [-0.2, 0) is 14.3 Å². The highest BCUT2D eigenvalue weighted by atomic mass is 28.3. The molecular weight excluding hydrogens is 284 g/mol. The van der Waals surface area contributed by atoms with Crippen molar-refractivity contribution in [3.05, 3.63) is 0 Å². The van der Waals surface area contributed by atoms with Gasteiger partial charge in [0.15, 0.2) is 0 Å². The molecule has 0 radical (unpaired) electrons. The van der Waals surface area contributed by atoms with Gasteiger partial charge in [-0.1, -0.05) is 40.4 Å². The molecule has 0 aromatic heterocycles. The van der Waals surface area contributed by atoms with Crippen LogP contribution in [-0.4, -0.2) is 38.7 Å². The second-order valence-corrected chi connectivity index (χ2v) is 12.9. The van der Waals surface area contributed by atoms with E-state index >= 15 is 0 Å². The lowest BCUT2D eigenvalue weighted by atomic mass is 9.88. The highest BCUT2D eigenvalue weighted by Gasteiger charge is 2.20. The van der Waals surface area contributed by atoms with Crippen molar-refractivity contribution in [2.75, 3.05) is 13.4 Å². The predicted molar refractivity (Wildman–Crippen MR) is 89.3 cm³/mol. The van der Waals surface area contributed by atoms with Crippen LogP contribution in [0.5, 0.6) is 0 Å². The van der Waals surface area contributed by atoms with Crippen molar-refractivity contribution in [3.63, 3.8) is 0 Å². The van der Waals surface area contributed by atoms with E-state index in [4.69, 9.17) is 14.6 Å². The molecule has 0 aliphatic carbocycles. The van der Waals surface area contributed by atoms with E-state index in [0.29, 0.717) is 12.7 Å². The average molecular weight is 319 g/mol. The molecule has 0 amide bonds. The maximum atomic E-state index is 10.7. The van der Waals surface area contributed by atoms with Gasteiger partial charge in [0.05, 0.1) is 6.10 Å². The smallest absolute Gasteiger partial charge is 0.303 e. The molecule has 0 aromatic rings. The fraction of sp³-hybridized carbons (Fsp3) is 0.938. The number of aliphatic carboxylic acids is 1. The zero-order valence-electron chi connectivity index (χ0n) is 14.6. The summed E-state index contributed by atoms with van der Waals surface area (Å²) in [6, 6.07) is 1.15. The van der Waals surface area contributed by atoms with Crippen LogP contribution in [0.3, 0.4) is 0 Å². The van der Waals surface area contributed by atoms with Crippen molar-refractivity contribution in [1.82, 2.24) is 0 Å². The number of carboxylic acids is 1. The molecule has 21 heavy (non-hydrogen) atoms. The summed E-state index contributed by atoms with van der Waals surface area (Å²) in [5, 5.41) is 8.84. The van der Waals surface area contributed by atoms with E-state index in [-0.39, 0.29) is 18.4 Å². The molecule has 126 valence electrons. The van der Waals surface area contributed by atoms with Crippen molar-refractivity contribution in [1.29, 1.82) is 0 Å². The summed E-state index contributed by atoms with van der Waals surface area (Å²) in [6.07, 6.45) is 2.21. The van der Waals surface area contributed by atoms with Gasteiger partial charge in [-0.05, 0) is 30.7 Å². The molecule has 3 atom stereocenters. The Hall–Kier alpha value is -0.393. The molecule has 4 nitrogen and oxygen atoms in total. The summed E-state index contributed by atoms with van der Waals surface area (Å²) < 4.78 is 11.3. The predicted octanol–water partition coefficient (Wildman–Crippen LogP) is 4.23. The van der Waals surface area contributed by atoms with Crippen LogP contribution in [0.1, 0.15) is 40.0 Å². The third-order valence-electron chi connectivity index (χ3n) is 3.94. The molecule has 0 aromatic carbocycles. The van der Waals surface area contributed by atoms with Gasteiger partial charge < -0.3 is 14.6 Å². The van der Waals surface area contributed by atoms with Crippen LogP contribution in [0, 0.1) is 11.8 Å². The Morgan fingerprint density at radius 1 is 1.19 bits per heavy atom. The second-order valence-electron chi connectivity index (χ2n) is 7.32. The fourth-order valence-electron chi connectivity index (χ4n) is 2.06. The first-order chi connectivity index (χ1) is 9.65. The lowest BCUT2D eigenvalue weighted by Gasteiger charge is -2.24. The van der Waals surface area contributed by atoms with E-state index in [1.54, 1.807) is 0 Å². The Labute approximate surface area is 131 Å². The normalized spacial score (nSPS) is 16.5. The largest absolute Gasteiger partial charge is 0.481 e. The average Bonchev–Trinajstić information content (AvgIpc) is 2.34. The lowest BCUT2D eigenvalue weighted by molar-refractivity contribution is -0.138. The number of carbonyl (C=O) groups is 1. The standard InChI is InChI=1S/C16H34O4Si/c1-7-15(10-13(2)14(3)11-16(17)18)20-12-19-8-9-21(4,5)6/h13-15H,7-12H2,1-6H3,(H,17,18). The van der Waals surface area contributed by atoms with Crippen LogP contribution >= 0.6 is 0 Å². The van der Waals surface area contributed by atoms with E-state index < -0.39 is 14.0 Å². The topological polar surface area (TPSA) is 55.8 Å². The Bertz CT molecular complexity index is 288. The second kappa shape index (κ2) is 10.4. The Balaban J connectivity index is 3.92. The van der Waals surface area contributed by atoms with Crippen molar-refractivity contribution >= 4 is 14.0 Å². The van der Waals surface area contributed by atoms with Gasteiger partial charge in [0.25, 0.3) is 0 Å². The van der Waals surface area contributed by atoms with Crippen LogP contribution < -0.4 is 0 Å². The molecule has 5 heteroatoms. The van der Waals surface area contributed by atoms with Crippen molar-refractivity contribution < 1.29 is 19.4 Å². The number of rotatable bonds is 12. The van der Waals surface area contributed by atoms with Crippen molar-refractivity contribution in [2.24, 2.45) is 11.8 Å². The minimum atomic E-state index is -1.04. The minimum absolute atomic E-state index is 0.156. The van der Waals surface area contributed by atoms with Gasteiger partial charge in [0, 0.05) is 21.1 Å². The van der Waals surface area contributed by atoms with E-state index in [1.165, 1.54) is 0 Å². The molecule has 3 unspecified atom stereocenters. The first-order valence-electron chi connectivity index (χ1n) is 8.06. The minimum Gasteiger partial charge on any atom is -0.481 e. The summed E-state index contributed by atoms with van der Waals surface area (Å²) in [7, 11) is -1.04. The summed E-state index contributed by atoms with van der Waals surface area (Å²) in [5.41, 5.74) is 0. The molecule has 0 fully saturated rings. The molecular formula is C16H34O4Si. The maximum Gasteiger partial charge on any atom is 0.303 e. The highest BCUT2D eigenvalue weighted by Crippen LogP contribution is 2.22. The zero-order valence-corrected chi connectivity index (χ0v) is 15.6. The van der Waals surface area contributed by atoms with Gasteiger partial charge in [-0.15, -0.1) is 0 Å². The summed E-state index contributed by atoms with van der Waals surface area (Å²) in [6.45, 7) is 14.3. The molecule has 0 aliphatic rings. The highest BCUT2D eigenvalue weighted by molar-refractivity contribution is 6.76. The Morgan fingerprint density at radius 3 is 2.29 bits per heavy atom. The van der Waals surface area contributed by atoms with Crippen molar-refractivity contribution in [2.45, 2.75) is 71.8 Å². The number of hydrogen-bond acceptors (Lipinski definition) is 3. The molecule has 0 spiro atoms. The van der Waals surface area contributed by atoms with Gasteiger partial charge in [-0.3, -0.25) is 4.79 Å². The Kier molecular flexibility index (Phi) is 10.2. The Morgan fingerprint density at radius 2 is 1.81 bits per heavy atom. The third kappa shape index (κ3) is 11.9. The van der Waals surface area contributed by atoms with Gasteiger partial charge in [0.2, 0.25) is 0 Å². The molecule has 0 rings (SSSR count). The molecule has 0 saturated carbocycles. The third-order valence-corrected chi connectivity index (χ3v) is 5.65. The summed E-state index contributed by atoms with van der Waals surface area (Å²) in [4.78, 5) is 10.7.